The van der Waals surface area contributed by atoms with Crippen LogP contribution in [-0.4, -0.2) is 36.8 Å². The lowest BCUT2D eigenvalue weighted by Gasteiger charge is -2.12. The van der Waals surface area contributed by atoms with Gasteiger partial charge >= 0.3 is 0 Å². The first-order valence-corrected chi connectivity index (χ1v) is 9.41. The molecule has 0 unspecified atom stereocenters. The second-order valence-corrected chi connectivity index (χ2v) is 7.24. The SMILES string of the molecule is COc1ccc(-c2nnc(SCc3nc(N)nc(N)n3)n2CC(C)C)cc1. The molecule has 0 aliphatic rings. The number of nitrogens with zero attached hydrogens (tertiary/aromatic N) is 6. The highest BCUT2D eigenvalue weighted by atomic mass is 32.2. The van der Waals surface area contributed by atoms with Crippen molar-refractivity contribution in [3.8, 4) is 17.1 Å². The first-order valence-electron chi connectivity index (χ1n) is 8.42. The van der Waals surface area contributed by atoms with E-state index < -0.39 is 0 Å². The summed E-state index contributed by atoms with van der Waals surface area (Å²) in [5.74, 6) is 3.24. The summed E-state index contributed by atoms with van der Waals surface area (Å²) in [7, 11) is 1.64. The lowest BCUT2D eigenvalue weighted by molar-refractivity contribution is 0.415. The molecule has 2 aromatic heterocycles. The van der Waals surface area contributed by atoms with Crippen molar-refractivity contribution in [1.82, 2.24) is 29.7 Å². The van der Waals surface area contributed by atoms with Crippen LogP contribution in [0.4, 0.5) is 11.9 Å². The summed E-state index contributed by atoms with van der Waals surface area (Å²) in [4.78, 5) is 12.0. The van der Waals surface area contributed by atoms with Crippen molar-refractivity contribution >= 4 is 23.7 Å². The highest BCUT2D eigenvalue weighted by Crippen LogP contribution is 2.28. The van der Waals surface area contributed by atoms with E-state index in [1.165, 1.54) is 11.8 Å². The number of nitrogen functional groups attached to an aromatic ring is 2. The third-order valence-electron chi connectivity index (χ3n) is 3.66. The van der Waals surface area contributed by atoms with Crippen molar-refractivity contribution < 1.29 is 4.74 Å². The average molecular weight is 386 g/mol. The van der Waals surface area contributed by atoms with Crippen LogP contribution in [-0.2, 0) is 12.3 Å². The van der Waals surface area contributed by atoms with Gasteiger partial charge in [-0.1, -0.05) is 25.6 Å². The lowest BCUT2D eigenvalue weighted by Crippen LogP contribution is -2.09. The third-order valence-corrected chi connectivity index (χ3v) is 4.62. The van der Waals surface area contributed by atoms with Crippen LogP contribution in [0.5, 0.6) is 5.75 Å². The first kappa shape index (κ1) is 18.9. The summed E-state index contributed by atoms with van der Waals surface area (Å²) in [6.45, 7) is 5.09. The number of methoxy groups -OCH3 is 1. The van der Waals surface area contributed by atoms with Crippen LogP contribution >= 0.6 is 11.8 Å². The summed E-state index contributed by atoms with van der Waals surface area (Å²) in [6, 6.07) is 7.77. The quantitative estimate of drug-likeness (QED) is 0.587. The molecular formula is C17H22N8OS. The molecule has 0 saturated heterocycles. The van der Waals surface area contributed by atoms with Crippen molar-refractivity contribution in [2.75, 3.05) is 18.6 Å². The smallest absolute Gasteiger partial charge is 0.225 e. The minimum absolute atomic E-state index is 0.112. The zero-order valence-electron chi connectivity index (χ0n) is 15.5. The normalized spacial score (nSPS) is 11.1. The van der Waals surface area contributed by atoms with Gasteiger partial charge in [0, 0.05) is 12.1 Å². The van der Waals surface area contributed by atoms with Gasteiger partial charge in [-0.15, -0.1) is 10.2 Å². The molecule has 0 saturated carbocycles. The molecule has 1 aromatic carbocycles. The van der Waals surface area contributed by atoms with Gasteiger partial charge in [0.25, 0.3) is 0 Å². The van der Waals surface area contributed by atoms with Crippen molar-refractivity contribution in [2.24, 2.45) is 5.92 Å². The summed E-state index contributed by atoms with van der Waals surface area (Å²) < 4.78 is 7.33. The fourth-order valence-corrected chi connectivity index (χ4v) is 3.33. The molecule has 0 radical (unpaired) electrons. The van der Waals surface area contributed by atoms with Crippen LogP contribution in [0.25, 0.3) is 11.4 Å². The molecule has 27 heavy (non-hydrogen) atoms. The molecule has 4 N–H and O–H groups in total. The van der Waals surface area contributed by atoms with Gasteiger partial charge in [0.2, 0.25) is 11.9 Å². The minimum atomic E-state index is 0.112. The Hall–Kier alpha value is -2.88. The molecule has 0 bridgehead atoms. The fraction of sp³-hybridized carbons (Fsp3) is 0.353. The van der Waals surface area contributed by atoms with E-state index in [1.807, 2.05) is 24.3 Å². The fourth-order valence-electron chi connectivity index (χ4n) is 2.53. The van der Waals surface area contributed by atoms with Gasteiger partial charge in [0.1, 0.15) is 11.6 Å². The van der Waals surface area contributed by atoms with Crippen LogP contribution in [0.1, 0.15) is 19.7 Å². The van der Waals surface area contributed by atoms with E-state index >= 15 is 0 Å². The van der Waals surface area contributed by atoms with E-state index in [1.54, 1.807) is 7.11 Å². The van der Waals surface area contributed by atoms with Crippen molar-refractivity contribution in [1.29, 1.82) is 0 Å². The Labute approximate surface area is 161 Å². The average Bonchev–Trinajstić information content (AvgIpc) is 3.01. The molecule has 3 rings (SSSR count). The lowest BCUT2D eigenvalue weighted by atomic mass is 10.2. The molecule has 0 fully saturated rings. The van der Waals surface area contributed by atoms with Crippen LogP contribution in [0.15, 0.2) is 29.4 Å². The maximum absolute atomic E-state index is 5.63. The van der Waals surface area contributed by atoms with E-state index in [-0.39, 0.29) is 11.9 Å². The van der Waals surface area contributed by atoms with Crippen molar-refractivity contribution in [3.63, 3.8) is 0 Å². The summed E-state index contributed by atoms with van der Waals surface area (Å²) in [6.07, 6.45) is 0. The molecule has 0 amide bonds. The predicted molar refractivity (Wildman–Crippen MR) is 105 cm³/mol. The highest BCUT2D eigenvalue weighted by molar-refractivity contribution is 7.98. The van der Waals surface area contributed by atoms with Crippen LogP contribution in [0.3, 0.4) is 0 Å². The van der Waals surface area contributed by atoms with E-state index in [4.69, 9.17) is 16.2 Å². The summed E-state index contributed by atoms with van der Waals surface area (Å²) in [5.41, 5.74) is 12.2. The zero-order chi connectivity index (χ0) is 19.4. The molecule has 0 spiro atoms. The number of nitrogens with two attached hydrogens (primary N) is 2. The maximum Gasteiger partial charge on any atom is 0.225 e. The Balaban J connectivity index is 1.87. The molecule has 9 nitrogen and oxygen atoms in total. The number of aromatic nitrogens is 6. The summed E-state index contributed by atoms with van der Waals surface area (Å²) in [5, 5.41) is 9.53. The molecule has 0 atom stereocenters. The molecule has 142 valence electrons. The van der Waals surface area contributed by atoms with Crippen LogP contribution in [0.2, 0.25) is 0 Å². The van der Waals surface area contributed by atoms with Gasteiger partial charge in [-0.2, -0.15) is 15.0 Å². The Morgan fingerprint density at radius 2 is 1.70 bits per heavy atom. The Morgan fingerprint density at radius 3 is 2.30 bits per heavy atom. The van der Waals surface area contributed by atoms with E-state index in [9.17, 15) is 0 Å². The second-order valence-electron chi connectivity index (χ2n) is 6.30. The summed E-state index contributed by atoms with van der Waals surface area (Å²) >= 11 is 1.48. The molecular weight excluding hydrogens is 364 g/mol. The maximum atomic E-state index is 5.63. The van der Waals surface area contributed by atoms with E-state index in [2.05, 4.69) is 43.6 Å². The molecule has 0 aliphatic carbocycles. The van der Waals surface area contributed by atoms with Crippen molar-refractivity contribution in [2.45, 2.75) is 31.3 Å². The number of rotatable bonds is 7. The monoisotopic (exact) mass is 386 g/mol. The number of anilines is 2. The topological polar surface area (TPSA) is 131 Å². The van der Waals surface area contributed by atoms with E-state index in [0.717, 1.165) is 28.8 Å². The molecule has 0 aliphatic heterocycles. The number of thioether (sulfide) groups is 1. The van der Waals surface area contributed by atoms with Crippen molar-refractivity contribution in [3.05, 3.63) is 30.1 Å². The Bertz CT molecular complexity index is 890. The van der Waals surface area contributed by atoms with Crippen LogP contribution < -0.4 is 16.2 Å². The number of hydrogen-bond donors (Lipinski definition) is 2. The largest absolute Gasteiger partial charge is 0.497 e. The number of hydrogen-bond acceptors (Lipinski definition) is 9. The van der Waals surface area contributed by atoms with E-state index in [0.29, 0.717) is 17.5 Å². The van der Waals surface area contributed by atoms with Gasteiger partial charge in [0.05, 0.1) is 12.9 Å². The standard InChI is InChI=1S/C17H22N8OS/c1-10(2)8-25-14(11-4-6-12(26-3)7-5-11)23-24-17(25)27-9-13-20-15(18)22-16(19)21-13/h4-7,10H,8-9H2,1-3H3,(H4,18,19,20,21,22). The predicted octanol–water partition coefficient (Wildman–Crippen LogP) is 2.25. The number of benzene rings is 1. The molecule has 2 heterocycles. The van der Waals surface area contributed by atoms with Crippen LogP contribution in [0, 0.1) is 5.92 Å². The van der Waals surface area contributed by atoms with Gasteiger partial charge in [-0.3, -0.25) is 0 Å². The van der Waals surface area contributed by atoms with Gasteiger partial charge in [-0.25, -0.2) is 0 Å². The second kappa shape index (κ2) is 8.21. The zero-order valence-corrected chi connectivity index (χ0v) is 16.3. The molecule has 10 heteroatoms. The molecule has 3 aromatic rings. The first-order chi connectivity index (χ1) is 13.0. The Morgan fingerprint density at radius 1 is 1.04 bits per heavy atom. The Kier molecular flexibility index (Phi) is 5.75. The minimum Gasteiger partial charge on any atom is -0.497 e. The van der Waals surface area contributed by atoms with Gasteiger partial charge in [-0.05, 0) is 30.2 Å². The third kappa shape index (κ3) is 4.64. The van der Waals surface area contributed by atoms with Gasteiger partial charge in [0.15, 0.2) is 11.0 Å². The number of ether oxygens (including phenoxy) is 1. The van der Waals surface area contributed by atoms with Gasteiger partial charge < -0.3 is 20.8 Å². The highest BCUT2D eigenvalue weighted by Gasteiger charge is 2.16.